The highest BCUT2D eigenvalue weighted by molar-refractivity contribution is 6.16. The number of rotatable bonds is 1. The minimum Gasteiger partial charge on any atom is -0.0688 e. The Kier molecular flexibility index (Phi) is 2.71. The third-order valence-electron chi connectivity index (χ3n) is 4.67. The normalized spacial score (nSPS) is 19.7. The quantitative estimate of drug-likeness (QED) is 0.673. The van der Waals surface area contributed by atoms with Crippen LogP contribution in [0.1, 0.15) is 41.1 Å². The molecule has 1 unspecified atom stereocenters. The molecule has 1 atom stereocenters. The van der Waals surface area contributed by atoms with Gasteiger partial charge < -0.3 is 0 Å². The van der Waals surface area contributed by atoms with E-state index in [1.165, 1.54) is 47.1 Å². The van der Waals surface area contributed by atoms with Gasteiger partial charge in [0.15, 0.2) is 0 Å². The smallest absolute Gasteiger partial charge is 0.0392 e. The Morgan fingerprint density at radius 1 is 1.10 bits per heavy atom. The van der Waals surface area contributed by atoms with E-state index in [2.05, 4.69) is 59.6 Å². The van der Waals surface area contributed by atoms with Crippen molar-refractivity contribution in [1.29, 1.82) is 0 Å². The van der Waals surface area contributed by atoms with Gasteiger partial charge in [0, 0.05) is 10.2 Å². The third kappa shape index (κ3) is 1.66. The Balaban J connectivity index is 2.05. The molecule has 20 heavy (non-hydrogen) atoms. The molecule has 3 radical (unpaired) electrons. The van der Waals surface area contributed by atoms with Gasteiger partial charge in [-0.15, -0.1) is 0 Å². The zero-order valence-corrected chi connectivity index (χ0v) is 12.7. The summed E-state index contributed by atoms with van der Waals surface area (Å²) in [5, 5.41) is 0. The molecule has 0 spiro atoms. The van der Waals surface area contributed by atoms with Crippen LogP contribution in [0.3, 0.4) is 0 Å². The van der Waals surface area contributed by atoms with Crippen LogP contribution in [-0.4, -0.2) is 10.2 Å². The summed E-state index contributed by atoms with van der Waals surface area (Å²) >= 11 is 0. The molecule has 0 aromatic heterocycles. The molecule has 2 aliphatic carbocycles. The minimum atomic E-state index is 0.387. The van der Waals surface area contributed by atoms with Gasteiger partial charge in [-0.05, 0) is 65.1 Å². The Morgan fingerprint density at radius 2 is 1.90 bits per heavy atom. The molecule has 2 aromatic carbocycles. The van der Waals surface area contributed by atoms with Gasteiger partial charge in [0.25, 0.3) is 0 Å². The van der Waals surface area contributed by atoms with Gasteiger partial charge in [0.1, 0.15) is 0 Å². The van der Waals surface area contributed by atoms with Crippen LogP contribution in [0.5, 0.6) is 0 Å². The first-order valence-electron chi connectivity index (χ1n) is 7.39. The number of allylic oxidation sites excluding steroid dienone is 1. The third-order valence-corrected chi connectivity index (χ3v) is 5.44. The number of hydrogen-bond donors (Lipinski definition) is 0. The Hall–Kier alpha value is -1.60. The van der Waals surface area contributed by atoms with E-state index in [-0.39, 0.29) is 0 Å². The number of aryl methyl sites for hydroxylation is 1. The van der Waals surface area contributed by atoms with E-state index >= 15 is 0 Å². The monoisotopic (exact) mass is 273 g/mol. The summed E-state index contributed by atoms with van der Waals surface area (Å²) in [6.07, 6.45) is 6.13. The first-order valence-corrected chi connectivity index (χ1v) is 7.97. The number of hydrogen-bond acceptors (Lipinski definition) is 0. The van der Waals surface area contributed by atoms with Crippen LogP contribution in [0.2, 0.25) is 0 Å². The number of benzene rings is 2. The van der Waals surface area contributed by atoms with Crippen molar-refractivity contribution in [2.24, 2.45) is 0 Å². The highest BCUT2D eigenvalue weighted by Crippen LogP contribution is 2.44. The van der Waals surface area contributed by atoms with Crippen molar-refractivity contribution in [3.05, 3.63) is 64.2 Å². The van der Waals surface area contributed by atoms with Gasteiger partial charge in [-0.3, -0.25) is 0 Å². The molecule has 0 amide bonds. The van der Waals surface area contributed by atoms with Crippen molar-refractivity contribution < 1.29 is 0 Å². The van der Waals surface area contributed by atoms with E-state index in [1.807, 2.05) is 0 Å². The van der Waals surface area contributed by atoms with E-state index in [1.54, 1.807) is 11.1 Å². The van der Waals surface area contributed by atoms with Crippen molar-refractivity contribution in [2.75, 3.05) is 0 Å². The molecule has 4 rings (SSSR count). The van der Waals surface area contributed by atoms with E-state index in [9.17, 15) is 0 Å². The molecule has 1 heteroatoms. The van der Waals surface area contributed by atoms with Crippen LogP contribution >= 0.6 is 0 Å². The molecular formula is C19H17Si. The fraction of sp³-hybridized carbons (Fsp3) is 0.263. The topological polar surface area (TPSA) is 0 Å². The lowest BCUT2D eigenvalue weighted by Gasteiger charge is -2.16. The van der Waals surface area contributed by atoms with Crippen molar-refractivity contribution >= 4 is 16.3 Å². The predicted octanol–water partition coefficient (Wildman–Crippen LogP) is 4.47. The molecule has 0 heterocycles. The lowest BCUT2D eigenvalue weighted by atomic mass is 9.89. The zero-order chi connectivity index (χ0) is 13.7. The molecule has 0 aliphatic heterocycles. The highest BCUT2D eigenvalue weighted by atomic mass is 28.1. The van der Waals surface area contributed by atoms with Gasteiger partial charge >= 0.3 is 0 Å². The molecule has 97 valence electrons. The maximum Gasteiger partial charge on any atom is 0.0392 e. The van der Waals surface area contributed by atoms with Crippen LogP contribution in [0, 0.1) is 0 Å². The molecular weight excluding hydrogens is 256 g/mol. The first-order chi connectivity index (χ1) is 9.75. The standard InChI is InChI=1S/C19H17Si/c1-12-10-16-17(19(12)20)11-14-8-5-9-15(14)18(16)13-6-3-2-4-7-13/h2-4,6-7,10-11,19H,5,8-9H2,1H3. The summed E-state index contributed by atoms with van der Waals surface area (Å²) in [5.41, 5.74) is 10.7. The molecule has 0 saturated carbocycles. The summed E-state index contributed by atoms with van der Waals surface area (Å²) in [5.74, 6) is 0. The summed E-state index contributed by atoms with van der Waals surface area (Å²) < 4.78 is 0. The molecule has 2 aromatic rings. The molecule has 0 saturated heterocycles. The Bertz CT molecular complexity index is 710. The fourth-order valence-corrected chi connectivity index (χ4v) is 3.99. The van der Waals surface area contributed by atoms with E-state index in [0.29, 0.717) is 5.54 Å². The van der Waals surface area contributed by atoms with Crippen LogP contribution in [0.15, 0.2) is 42.0 Å². The van der Waals surface area contributed by atoms with Crippen molar-refractivity contribution in [3.8, 4) is 11.1 Å². The largest absolute Gasteiger partial charge is 0.0688 e. The van der Waals surface area contributed by atoms with Crippen molar-refractivity contribution in [3.63, 3.8) is 0 Å². The fourth-order valence-electron chi connectivity index (χ4n) is 3.67. The second-order valence-electron chi connectivity index (χ2n) is 5.93. The zero-order valence-electron chi connectivity index (χ0n) is 11.7. The SMILES string of the molecule is CC1=Cc2c(cc3c(c2-c2ccccc2)CCC3)C1[Si]. The van der Waals surface area contributed by atoms with Crippen molar-refractivity contribution in [1.82, 2.24) is 0 Å². The molecule has 0 fully saturated rings. The minimum absolute atomic E-state index is 0.387. The van der Waals surface area contributed by atoms with Crippen LogP contribution < -0.4 is 0 Å². The van der Waals surface area contributed by atoms with Gasteiger partial charge in [0.05, 0.1) is 0 Å². The van der Waals surface area contributed by atoms with Crippen LogP contribution in [-0.2, 0) is 12.8 Å². The summed E-state index contributed by atoms with van der Waals surface area (Å²) in [6, 6.07) is 13.3. The van der Waals surface area contributed by atoms with Gasteiger partial charge in [-0.25, -0.2) is 0 Å². The maximum atomic E-state index is 3.90. The first kappa shape index (κ1) is 12.2. The second kappa shape index (κ2) is 4.46. The summed E-state index contributed by atoms with van der Waals surface area (Å²) in [6.45, 7) is 2.22. The van der Waals surface area contributed by atoms with Gasteiger partial charge in [-0.2, -0.15) is 0 Å². The summed E-state index contributed by atoms with van der Waals surface area (Å²) in [4.78, 5) is 0. The lowest BCUT2D eigenvalue weighted by molar-refractivity contribution is 0.911. The average Bonchev–Trinajstić information content (AvgIpc) is 3.04. The molecule has 0 nitrogen and oxygen atoms in total. The average molecular weight is 273 g/mol. The van der Waals surface area contributed by atoms with E-state index in [4.69, 9.17) is 0 Å². The molecule has 0 bridgehead atoms. The van der Waals surface area contributed by atoms with Gasteiger partial charge in [0.2, 0.25) is 0 Å². The lowest BCUT2D eigenvalue weighted by Crippen LogP contribution is -2.00. The van der Waals surface area contributed by atoms with Gasteiger partial charge in [-0.1, -0.05) is 48.0 Å². The summed E-state index contributed by atoms with van der Waals surface area (Å²) in [7, 11) is 3.90. The predicted molar refractivity (Wildman–Crippen MR) is 86.0 cm³/mol. The second-order valence-corrected chi connectivity index (χ2v) is 6.51. The molecule has 2 aliphatic rings. The van der Waals surface area contributed by atoms with Crippen LogP contribution in [0.25, 0.3) is 17.2 Å². The molecule has 0 N–H and O–H groups in total. The maximum absolute atomic E-state index is 3.90. The van der Waals surface area contributed by atoms with Crippen LogP contribution in [0.4, 0.5) is 0 Å². The van der Waals surface area contributed by atoms with E-state index < -0.39 is 0 Å². The van der Waals surface area contributed by atoms with E-state index in [0.717, 1.165) is 0 Å². The van der Waals surface area contributed by atoms with Crippen molar-refractivity contribution in [2.45, 2.75) is 31.7 Å². The Morgan fingerprint density at radius 3 is 2.70 bits per heavy atom. The number of fused-ring (bicyclic) bond motifs is 2. The Labute approximate surface area is 124 Å². The highest BCUT2D eigenvalue weighted by Gasteiger charge is 2.27.